The van der Waals surface area contributed by atoms with Gasteiger partial charge in [-0.25, -0.2) is 9.59 Å². The van der Waals surface area contributed by atoms with Crippen molar-refractivity contribution in [3.8, 4) is 0 Å². The van der Waals surface area contributed by atoms with Gasteiger partial charge in [0, 0.05) is 13.6 Å². The number of piperidine rings is 1. The van der Waals surface area contributed by atoms with Crippen LogP contribution in [0, 0.1) is 5.92 Å². The molecule has 21 heavy (non-hydrogen) atoms. The van der Waals surface area contributed by atoms with Crippen LogP contribution in [0.4, 0.5) is 4.79 Å². The summed E-state index contributed by atoms with van der Waals surface area (Å²) in [7, 11) is 1.53. The fourth-order valence-electron chi connectivity index (χ4n) is 2.51. The molecule has 7 heteroatoms. The van der Waals surface area contributed by atoms with E-state index in [4.69, 9.17) is 0 Å². The molecule has 1 aliphatic rings. The molecule has 0 spiro atoms. The second-order valence-corrected chi connectivity index (χ2v) is 5.47. The second-order valence-electron chi connectivity index (χ2n) is 5.47. The number of hydrogen-bond donors (Lipinski definition) is 3. The molecule has 0 aromatic heterocycles. The van der Waals surface area contributed by atoms with Gasteiger partial charge < -0.3 is 20.6 Å². The second kappa shape index (κ2) is 7.85. The molecule has 3 N–H and O–H groups in total. The summed E-state index contributed by atoms with van der Waals surface area (Å²) in [4.78, 5) is 36.9. The zero-order chi connectivity index (χ0) is 16.0. The van der Waals surface area contributed by atoms with Gasteiger partial charge in [-0.05, 0) is 25.2 Å². The predicted molar refractivity (Wildman–Crippen MR) is 77.8 cm³/mol. The van der Waals surface area contributed by atoms with Gasteiger partial charge in [0.25, 0.3) is 0 Å². The highest BCUT2D eigenvalue weighted by Crippen LogP contribution is 2.18. The topological polar surface area (TPSA) is 98.7 Å². The summed E-state index contributed by atoms with van der Waals surface area (Å²) in [6.07, 6.45) is 2.96. The van der Waals surface area contributed by atoms with E-state index < -0.39 is 24.1 Å². The van der Waals surface area contributed by atoms with Crippen molar-refractivity contribution in [2.75, 3.05) is 13.6 Å². The van der Waals surface area contributed by atoms with Crippen LogP contribution in [0.15, 0.2) is 0 Å². The Bertz CT molecular complexity index is 400. The van der Waals surface area contributed by atoms with Crippen LogP contribution in [0.5, 0.6) is 0 Å². The van der Waals surface area contributed by atoms with Crippen LogP contribution in [-0.4, -0.2) is 53.6 Å². The number of nitrogens with zero attached hydrogens (tertiary/aromatic N) is 1. The van der Waals surface area contributed by atoms with E-state index >= 15 is 0 Å². The lowest BCUT2D eigenvalue weighted by atomic mass is 9.99. The summed E-state index contributed by atoms with van der Waals surface area (Å²) in [6.45, 7) is 4.13. The molecule has 1 saturated heterocycles. The zero-order valence-corrected chi connectivity index (χ0v) is 12.9. The summed E-state index contributed by atoms with van der Waals surface area (Å²) in [5.74, 6) is -1.43. The minimum atomic E-state index is -1.05. The number of urea groups is 1. The summed E-state index contributed by atoms with van der Waals surface area (Å²) in [6, 6.07) is -1.93. The van der Waals surface area contributed by atoms with Gasteiger partial charge in [0.15, 0.2) is 0 Å². The third kappa shape index (κ3) is 4.34. The van der Waals surface area contributed by atoms with E-state index in [-0.39, 0.29) is 11.8 Å². The highest BCUT2D eigenvalue weighted by Gasteiger charge is 2.34. The third-order valence-electron chi connectivity index (χ3n) is 4.07. The average Bonchev–Trinajstić information content (AvgIpc) is 2.50. The van der Waals surface area contributed by atoms with Crippen LogP contribution in [0.2, 0.25) is 0 Å². The smallest absolute Gasteiger partial charge is 0.326 e. The molecule has 0 saturated carbocycles. The number of carbonyl (C=O) groups excluding carboxylic acids is 2. The number of carboxylic acid groups (broad SMARTS) is 1. The van der Waals surface area contributed by atoms with Gasteiger partial charge in [-0.2, -0.15) is 0 Å². The van der Waals surface area contributed by atoms with Gasteiger partial charge in [-0.1, -0.05) is 20.3 Å². The molecule has 0 bridgehead atoms. The number of nitrogens with one attached hydrogen (secondary N) is 2. The first-order valence-corrected chi connectivity index (χ1v) is 7.43. The maximum atomic E-state index is 12.3. The van der Waals surface area contributed by atoms with E-state index in [2.05, 4.69) is 10.6 Å². The standard InChI is InChI=1S/C14H25N3O4/c1-4-9(2)11(13(19)20)16-14(21)17-8-6-5-7-10(17)12(18)15-3/h9-11H,4-8H2,1-3H3,(H,15,18)(H,16,21)(H,19,20)/t9-,10?,11-/m0/s1. The third-order valence-corrected chi connectivity index (χ3v) is 4.07. The van der Waals surface area contributed by atoms with Crippen molar-refractivity contribution < 1.29 is 19.5 Å². The molecule has 0 aliphatic carbocycles. The molecule has 1 unspecified atom stereocenters. The van der Waals surface area contributed by atoms with Crippen molar-refractivity contribution in [2.45, 2.75) is 51.6 Å². The van der Waals surface area contributed by atoms with Crippen LogP contribution >= 0.6 is 0 Å². The molecule has 0 radical (unpaired) electrons. The lowest BCUT2D eigenvalue weighted by Crippen LogP contribution is -2.57. The SMILES string of the molecule is CC[C@H](C)[C@H](NC(=O)N1CCCCC1C(=O)NC)C(=O)O. The Labute approximate surface area is 125 Å². The van der Waals surface area contributed by atoms with E-state index in [1.165, 1.54) is 11.9 Å². The zero-order valence-electron chi connectivity index (χ0n) is 12.9. The van der Waals surface area contributed by atoms with Crippen LogP contribution in [-0.2, 0) is 9.59 Å². The largest absolute Gasteiger partial charge is 0.480 e. The number of amides is 3. The van der Waals surface area contributed by atoms with E-state index in [1.54, 1.807) is 6.92 Å². The number of aliphatic carboxylic acids is 1. The Kier molecular flexibility index (Phi) is 6.45. The molecule has 7 nitrogen and oxygen atoms in total. The van der Waals surface area contributed by atoms with Gasteiger partial charge in [-0.3, -0.25) is 4.79 Å². The van der Waals surface area contributed by atoms with Crippen molar-refractivity contribution in [3.63, 3.8) is 0 Å². The first kappa shape index (κ1) is 17.3. The Morgan fingerprint density at radius 3 is 2.52 bits per heavy atom. The van der Waals surface area contributed by atoms with E-state index in [0.29, 0.717) is 19.4 Å². The minimum Gasteiger partial charge on any atom is -0.480 e. The molecule has 0 aromatic rings. The van der Waals surface area contributed by atoms with Gasteiger partial charge in [-0.15, -0.1) is 0 Å². The summed E-state index contributed by atoms with van der Waals surface area (Å²) < 4.78 is 0. The predicted octanol–water partition coefficient (Wildman–Crippen LogP) is 0.796. The highest BCUT2D eigenvalue weighted by molar-refractivity contribution is 5.89. The molecule has 1 heterocycles. The lowest BCUT2D eigenvalue weighted by molar-refractivity contribution is -0.140. The summed E-state index contributed by atoms with van der Waals surface area (Å²) in [5.41, 5.74) is 0. The Hall–Kier alpha value is -1.79. The van der Waals surface area contributed by atoms with Gasteiger partial charge in [0.2, 0.25) is 5.91 Å². The van der Waals surface area contributed by atoms with Gasteiger partial charge in [0.05, 0.1) is 0 Å². The summed E-state index contributed by atoms with van der Waals surface area (Å²) in [5, 5.41) is 14.3. The number of hydrogen-bond acceptors (Lipinski definition) is 3. The van der Waals surface area contributed by atoms with Crippen molar-refractivity contribution in [1.29, 1.82) is 0 Å². The molecular formula is C14H25N3O4. The number of likely N-dealkylation sites (tertiary alicyclic amines) is 1. The number of likely N-dealkylation sites (N-methyl/N-ethyl adjacent to an activating group) is 1. The first-order valence-electron chi connectivity index (χ1n) is 7.43. The molecule has 120 valence electrons. The van der Waals surface area contributed by atoms with E-state index in [1.807, 2.05) is 6.92 Å². The Morgan fingerprint density at radius 1 is 1.33 bits per heavy atom. The minimum absolute atomic E-state index is 0.172. The van der Waals surface area contributed by atoms with E-state index in [0.717, 1.165) is 12.8 Å². The van der Waals surface area contributed by atoms with Gasteiger partial charge in [0.1, 0.15) is 12.1 Å². The molecular weight excluding hydrogens is 274 g/mol. The van der Waals surface area contributed by atoms with Crippen LogP contribution in [0.25, 0.3) is 0 Å². The molecule has 1 fully saturated rings. The Balaban J connectivity index is 2.79. The number of carbonyl (C=O) groups is 3. The van der Waals surface area contributed by atoms with Gasteiger partial charge >= 0.3 is 12.0 Å². The van der Waals surface area contributed by atoms with E-state index in [9.17, 15) is 19.5 Å². The molecule has 1 rings (SSSR count). The molecule has 3 amide bonds. The first-order chi connectivity index (χ1) is 9.92. The van der Waals surface area contributed by atoms with Crippen LogP contribution in [0.3, 0.4) is 0 Å². The number of rotatable bonds is 5. The Morgan fingerprint density at radius 2 is 2.00 bits per heavy atom. The highest BCUT2D eigenvalue weighted by atomic mass is 16.4. The fourth-order valence-corrected chi connectivity index (χ4v) is 2.51. The average molecular weight is 299 g/mol. The lowest BCUT2D eigenvalue weighted by Gasteiger charge is -2.35. The maximum Gasteiger partial charge on any atom is 0.326 e. The van der Waals surface area contributed by atoms with Crippen LogP contribution < -0.4 is 10.6 Å². The van der Waals surface area contributed by atoms with Crippen molar-refractivity contribution in [3.05, 3.63) is 0 Å². The van der Waals surface area contributed by atoms with Crippen molar-refractivity contribution in [2.24, 2.45) is 5.92 Å². The summed E-state index contributed by atoms with van der Waals surface area (Å²) >= 11 is 0. The maximum absolute atomic E-state index is 12.3. The van der Waals surface area contributed by atoms with Crippen molar-refractivity contribution >= 4 is 17.9 Å². The number of carboxylic acids is 1. The van der Waals surface area contributed by atoms with Crippen LogP contribution in [0.1, 0.15) is 39.5 Å². The molecule has 3 atom stereocenters. The van der Waals surface area contributed by atoms with Crippen molar-refractivity contribution in [1.82, 2.24) is 15.5 Å². The fraction of sp³-hybridized carbons (Fsp3) is 0.786. The molecule has 1 aliphatic heterocycles. The quantitative estimate of drug-likeness (QED) is 0.699. The monoisotopic (exact) mass is 299 g/mol. The molecule has 0 aromatic carbocycles. The normalized spacial score (nSPS) is 21.3.